The number of amides is 1. The lowest BCUT2D eigenvalue weighted by Gasteiger charge is -2.15. The Labute approximate surface area is 173 Å². The fourth-order valence-corrected chi connectivity index (χ4v) is 4.82. The number of carbonyl (C=O) groups excluding carboxylic acids is 1. The molecule has 4 aromatic rings. The minimum atomic E-state index is 0.126. The van der Waals surface area contributed by atoms with Crippen molar-refractivity contribution in [2.75, 3.05) is 20.1 Å². The largest absolute Gasteiger partial charge is 0.339 e. The van der Waals surface area contributed by atoms with Crippen LogP contribution in [-0.2, 0) is 0 Å². The van der Waals surface area contributed by atoms with Gasteiger partial charge in [0, 0.05) is 46.8 Å². The van der Waals surface area contributed by atoms with Crippen LogP contribution in [0.4, 0.5) is 0 Å². The summed E-state index contributed by atoms with van der Waals surface area (Å²) >= 11 is 1.54. The maximum atomic E-state index is 12.8. The second-order valence-corrected chi connectivity index (χ2v) is 8.48. The molecule has 3 aromatic heterocycles. The molecule has 0 spiro atoms. The number of carbonyl (C=O) groups is 1. The summed E-state index contributed by atoms with van der Waals surface area (Å²) in [5.74, 6) is 0.126. The van der Waals surface area contributed by atoms with Crippen molar-refractivity contribution in [2.24, 2.45) is 0 Å². The van der Waals surface area contributed by atoms with Gasteiger partial charge in [0.05, 0.1) is 4.88 Å². The van der Waals surface area contributed by atoms with Crippen molar-refractivity contribution in [3.8, 4) is 21.7 Å². The molecule has 1 aliphatic rings. The minimum Gasteiger partial charge on any atom is -0.339 e. The molecule has 1 atom stereocenters. The summed E-state index contributed by atoms with van der Waals surface area (Å²) in [7, 11) is 1.95. The number of hydrogen-bond acceptors (Lipinski definition) is 4. The third kappa shape index (κ3) is 3.45. The Kier molecular flexibility index (Phi) is 4.66. The number of aromatic nitrogens is 2. The van der Waals surface area contributed by atoms with E-state index in [2.05, 4.69) is 39.6 Å². The number of fused-ring (bicyclic) bond motifs is 1. The highest BCUT2D eigenvalue weighted by atomic mass is 32.1. The van der Waals surface area contributed by atoms with E-state index in [1.165, 1.54) is 11.3 Å². The van der Waals surface area contributed by atoms with Gasteiger partial charge in [-0.2, -0.15) is 0 Å². The highest BCUT2D eigenvalue weighted by molar-refractivity contribution is 7.17. The van der Waals surface area contributed by atoms with E-state index >= 15 is 0 Å². The predicted octanol–water partition coefficient (Wildman–Crippen LogP) is 4.39. The van der Waals surface area contributed by atoms with Crippen molar-refractivity contribution in [1.29, 1.82) is 0 Å². The average molecular weight is 403 g/mol. The number of likely N-dealkylation sites (N-methyl/N-ethyl adjacent to an activating group) is 1. The molecule has 1 aliphatic heterocycles. The molecule has 146 valence electrons. The van der Waals surface area contributed by atoms with E-state index in [1.807, 2.05) is 48.5 Å². The average Bonchev–Trinajstić information content (AvgIpc) is 3.52. The van der Waals surface area contributed by atoms with Crippen LogP contribution < -0.4 is 5.32 Å². The molecule has 5 rings (SSSR count). The van der Waals surface area contributed by atoms with Crippen LogP contribution in [0.25, 0.3) is 32.7 Å². The quantitative estimate of drug-likeness (QED) is 0.532. The van der Waals surface area contributed by atoms with E-state index in [0.717, 1.165) is 57.1 Å². The van der Waals surface area contributed by atoms with E-state index in [0.29, 0.717) is 6.04 Å². The van der Waals surface area contributed by atoms with Crippen LogP contribution in [0.15, 0.2) is 60.8 Å². The lowest BCUT2D eigenvalue weighted by molar-refractivity contribution is 0.0794. The van der Waals surface area contributed by atoms with E-state index in [-0.39, 0.29) is 5.91 Å². The molecule has 0 unspecified atom stereocenters. The molecule has 29 heavy (non-hydrogen) atoms. The number of likely N-dealkylation sites (tertiary alicyclic amines) is 1. The lowest BCUT2D eigenvalue weighted by Crippen LogP contribution is -2.33. The molecule has 0 aliphatic carbocycles. The van der Waals surface area contributed by atoms with Crippen molar-refractivity contribution in [1.82, 2.24) is 20.2 Å². The first kappa shape index (κ1) is 18.1. The molecular weight excluding hydrogens is 380 g/mol. The number of rotatable bonds is 4. The third-order valence-electron chi connectivity index (χ3n) is 5.54. The number of H-pyrrole nitrogens is 1. The fourth-order valence-electron chi connectivity index (χ4n) is 3.87. The van der Waals surface area contributed by atoms with Gasteiger partial charge in [-0.15, -0.1) is 11.3 Å². The van der Waals surface area contributed by atoms with Gasteiger partial charge in [-0.1, -0.05) is 30.3 Å². The number of aromatic amines is 1. The summed E-state index contributed by atoms with van der Waals surface area (Å²) in [5, 5.41) is 4.33. The lowest BCUT2D eigenvalue weighted by atomic mass is 10.1. The summed E-state index contributed by atoms with van der Waals surface area (Å²) in [4.78, 5) is 24.6. The zero-order valence-electron chi connectivity index (χ0n) is 16.2. The highest BCUT2D eigenvalue weighted by Gasteiger charge is 2.26. The molecule has 6 heteroatoms. The Hall–Kier alpha value is -2.96. The number of benzene rings is 1. The monoisotopic (exact) mass is 402 g/mol. The van der Waals surface area contributed by atoms with Gasteiger partial charge in [0.1, 0.15) is 5.65 Å². The molecule has 1 amide bonds. The van der Waals surface area contributed by atoms with Crippen molar-refractivity contribution in [3.63, 3.8) is 0 Å². The first-order valence-corrected chi connectivity index (χ1v) is 10.6. The zero-order valence-corrected chi connectivity index (χ0v) is 17.0. The second-order valence-electron chi connectivity index (χ2n) is 7.40. The Morgan fingerprint density at radius 3 is 2.83 bits per heavy atom. The van der Waals surface area contributed by atoms with Crippen LogP contribution in [0.5, 0.6) is 0 Å². The molecule has 2 N–H and O–H groups in total. The Balaban J connectivity index is 1.40. The van der Waals surface area contributed by atoms with Crippen molar-refractivity contribution < 1.29 is 4.79 Å². The van der Waals surface area contributed by atoms with Crippen molar-refractivity contribution in [2.45, 2.75) is 12.5 Å². The number of hydrogen-bond donors (Lipinski definition) is 2. The number of pyridine rings is 1. The topological polar surface area (TPSA) is 61.0 Å². The molecule has 5 nitrogen and oxygen atoms in total. The normalized spacial score (nSPS) is 16.6. The Morgan fingerprint density at radius 1 is 1.17 bits per heavy atom. The smallest absolute Gasteiger partial charge is 0.263 e. The molecule has 0 radical (unpaired) electrons. The molecule has 0 saturated carbocycles. The van der Waals surface area contributed by atoms with Crippen LogP contribution in [0.3, 0.4) is 0 Å². The van der Waals surface area contributed by atoms with E-state index in [1.54, 1.807) is 0 Å². The summed E-state index contributed by atoms with van der Waals surface area (Å²) in [6.07, 6.45) is 2.89. The van der Waals surface area contributed by atoms with Crippen LogP contribution >= 0.6 is 11.3 Å². The van der Waals surface area contributed by atoms with Crippen LogP contribution in [-0.4, -0.2) is 47.0 Å². The van der Waals surface area contributed by atoms with Crippen LogP contribution in [0, 0.1) is 0 Å². The maximum Gasteiger partial charge on any atom is 0.263 e. The summed E-state index contributed by atoms with van der Waals surface area (Å²) in [6.45, 7) is 1.60. The van der Waals surface area contributed by atoms with Crippen LogP contribution in [0.1, 0.15) is 16.1 Å². The Bertz CT molecular complexity index is 1160. The highest BCUT2D eigenvalue weighted by Crippen LogP contribution is 2.32. The van der Waals surface area contributed by atoms with E-state index in [4.69, 9.17) is 0 Å². The molecule has 0 bridgehead atoms. The number of thiophene rings is 1. The van der Waals surface area contributed by atoms with Crippen molar-refractivity contribution in [3.05, 3.63) is 65.7 Å². The van der Waals surface area contributed by atoms with Crippen LogP contribution in [0.2, 0.25) is 0 Å². The summed E-state index contributed by atoms with van der Waals surface area (Å²) < 4.78 is 0. The first-order chi connectivity index (χ1) is 14.2. The van der Waals surface area contributed by atoms with Gasteiger partial charge in [0.2, 0.25) is 0 Å². The molecule has 1 fully saturated rings. The molecule has 4 heterocycles. The molecule has 1 saturated heterocycles. The summed E-state index contributed by atoms with van der Waals surface area (Å²) in [5.41, 5.74) is 4.10. The first-order valence-electron chi connectivity index (χ1n) is 9.82. The predicted molar refractivity (Wildman–Crippen MR) is 118 cm³/mol. The Morgan fingerprint density at radius 2 is 2.03 bits per heavy atom. The minimum absolute atomic E-state index is 0.126. The maximum absolute atomic E-state index is 12.8. The van der Waals surface area contributed by atoms with E-state index in [9.17, 15) is 4.79 Å². The standard InChI is InChI=1S/C23H22N4OS/c1-24-18-9-10-27(14-18)23(28)21-8-7-20(29-21)17-11-16-12-19(26-22(16)25-13-17)15-5-3-2-4-6-15/h2-8,11-13,18,24H,9-10,14H2,1H3,(H,25,26)/t18-/m1/s1. The third-order valence-corrected chi connectivity index (χ3v) is 6.66. The molecule has 1 aromatic carbocycles. The molecular formula is C23H22N4OS. The van der Waals surface area contributed by atoms with Gasteiger partial charge < -0.3 is 15.2 Å². The van der Waals surface area contributed by atoms with Gasteiger partial charge in [-0.3, -0.25) is 4.79 Å². The zero-order chi connectivity index (χ0) is 19.8. The van der Waals surface area contributed by atoms with Gasteiger partial charge in [-0.25, -0.2) is 4.98 Å². The van der Waals surface area contributed by atoms with Gasteiger partial charge >= 0.3 is 0 Å². The van der Waals surface area contributed by atoms with Gasteiger partial charge in [-0.05, 0) is 43.3 Å². The second kappa shape index (κ2) is 7.46. The van der Waals surface area contributed by atoms with E-state index < -0.39 is 0 Å². The number of nitrogens with one attached hydrogen (secondary N) is 2. The van der Waals surface area contributed by atoms with Crippen molar-refractivity contribution >= 4 is 28.3 Å². The SMILES string of the molecule is CN[C@@H]1CCN(C(=O)c2ccc(-c3cnc4[nH]c(-c5ccccc5)cc4c3)s2)C1. The van der Waals surface area contributed by atoms with Gasteiger partial charge in [0.15, 0.2) is 0 Å². The summed E-state index contributed by atoms with van der Waals surface area (Å²) in [6, 6.07) is 18.9. The van der Waals surface area contributed by atoms with Gasteiger partial charge in [0.25, 0.3) is 5.91 Å². The number of nitrogens with zero attached hydrogens (tertiary/aromatic N) is 2. The fraction of sp³-hybridized carbons (Fsp3) is 0.217.